The summed E-state index contributed by atoms with van der Waals surface area (Å²) in [6, 6.07) is 11.6. The van der Waals surface area contributed by atoms with Crippen molar-refractivity contribution < 1.29 is 8.78 Å². The summed E-state index contributed by atoms with van der Waals surface area (Å²) in [4.78, 5) is 0. The Kier molecular flexibility index (Phi) is 4.35. The smallest absolute Gasteiger partial charge is 0.183 e. The van der Waals surface area contributed by atoms with Gasteiger partial charge in [-0.1, -0.05) is 28.1 Å². The fourth-order valence-corrected chi connectivity index (χ4v) is 2.08. The molecule has 2 rings (SSSR count). The monoisotopic (exact) mass is 336 g/mol. The maximum atomic E-state index is 13.8. The van der Waals surface area contributed by atoms with Gasteiger partial charge in [-0.05, 0) is 36.8 Å². The number of nitriles is 1. The Morgan fingerprint density at radius 3 is 2.35 bits per heavy atom. The molecule has 102 valence electrons. The first-order chi connectivity index (χ1) is 9.52. The number of hydrogen-bond acceptors (Lipinski definition) is 2. The lowest BCUT2D eigenvalue weighted by Gasteiger charge is -2.16. The number of nitrogens with zero attached hydrogens (tertiary/aromatic N) is 1. The largest absolute Gasteiger partial charge is 0.376 e. The second kappa shape index (κ2) is 6.02. The van der Waals surface area contributed by atoms with Crippen molar-refractivity contribution in [1.82, 2.24) is 0 Å². The maximum absolute atomic E-state index is 13.8. The molecule has 2 aromatic rings. The predicted octanol–water partition coefficient (Wildman–Crippen LogP) is 4.77. The van der Waals surface area contributed by atoms with Crippen molar-refractivity contribution in [2.45, 2.75) is 13.0 Å². The van der Waals surface area contributed by atoms with Gasteiger partial charge in [-0.3, -0.25) is 0 Å². The van der Waals surface area contributed by atoms with Gasteiger partial charge in [-0.2, -0.15) is 5.26 Å². The summed E-state index contributed by atoms with van der Waals surface area (Å²) >= 11 is 3.34. The average Bonchev–Trinajstić information content (AvgIpc) is 2.45. The highest BCUT2D eigenvalue weighted by Crippen LogP contribution is 2.25. The van der Waals surface area contributed by atoms with E-state index in [-0.39, 0.29) is 17.3 Å². The van der Waals surface area contributed by atoms with E-state index in [1.165, 1.54) is 12.1 Å². The number of halogens is 3. The van der Waals surface area contributed by atoms with E-state index >= 15 is 0 Å². The Morgan fingerprint density at radius 1 is 1.10 bits per heavy atom. The second-order valence-electron chi connectivity index (χ2n) is 4.32. The van der Waals surface area contributed by atoms with E-state index in [4.69, 9.17) is 5.26 Å². The Labute approximate surface area is 124 Å². The van der Waals surface area contributed by atoms with Crippen LogP contribution in [0.15, 0.2) is 40.9 Å². The molecule has 5 heteroatoms. The first-order valence-electron chi connectivity index (χ1n) is 5.93. The molecule has 0 saturated carbocycles. The molecule has 2 aromatic carbocycles. The SMILES string of the molecule is CC(Nc1ccc(C#N)c(F)c1F)c1ccc(Br)cc1. The number of benzene rings is 2. The molecule has 0 saturated heterocycles. The van der Waals surface area contributed by atoms with E-state index in [1.54, 1.807) is 6.07 Å². The van der Waals surface area contributed by atoms with Crippen LogP contribution in [0.2, 0.25) is 0 Å². The lowest BCUT2D eigenvalue weighted by atomic mass is 10.1. The fourth-order valence-electron chi connectivity index (χ4n) is 1.82. The summed E-state index contributed by atoms with van der Waals surface area (Å²) < 4.78 is 28.3. The van der Waals surface area contributed by atoms with Crippen LogP contribution in [0.1, 0.15) is 24.1 Å². The molecule has 0 heterocycles. The van der Waals surface area contributed by atoms with E-state index < -0.39 is 11.6 Å². The third-order valence-electron chi connectivity index (χ3n) is 2.94. The third-order valence-corrected chi connectivity index (χ3v) is 3.47. The number of rotatable bonds is 3. The van der Waals surface area contributed by atoms with Crippen LogP contribution < -0.4 is 5.32 Å². The van der Waals surface area contributed by atoms with Crippen LogP contribution >= 0.6 is 15.9 Å². The summed E-state index contributed by atoms with van der Waals surface area (Å²) in [6.45, 7) is 1.85. The highest BCUT2D eigenvalue weighted by atomic mass is 79.9. The van der Waals surface area contributed by atoms with Gasteiger partial charge in [0.1, 0.15) is 6.07 Å². The Morgan fingerprint density at radius 2 is 1.75 bits per heavy atom. The van der Waals surface area contributed by atoms with Gasteiger partial charge in [0, 0.05) is 10.5 Å². The van der Waals surface area contributed by atoms with Gasteiger partial charge in [-0.25, -0.2) is 8.78 Å². The van der Waals surface area contributed by atoms with Crippen LogP contribution in [0.25, 0.3) is 0 Å². The molecule has 0 bridgehead atoms. The molecular formula is C15H11BrF2N2. The van der Waals surface area contributed by atoms with E-state index in [1.807, 2.05) is 31.2 Å². The van der Waals surface area contributed by atoms with Crippen molar-refractivity contribution in [3.63, 3.8) is 0 Å². The minimum absolute atomic E-state index is 0.0388. The molecule has 0 radical (unpaired) electrons. The zero-order chi connectivity index (χ0) is 14.7. The predicted molar refractivity (Wildman–Crippen MR) is 77.3 cm³/mol. The van der Waals surface area contributed by atoms with Gasteiger partial charge in [0.25, 0.3) is 0 Å². The normalized spacial score (nSPS) is 11.8. The van der Waals surface area contributed by atoms with Gasteiger partial charge < -0.3 is 5.32 Å². The van der Waals surface area contributed by atoms with Crippen LogP contribution in [0, 0.1) is 23.0 Å². The average molecular weight is 337 g/mol. The van der Waals surface area contributed by atoms with E-state index in [2.05, 4.69) is 21.2 Å². The number of anilines is 1. The minimum atomic E-state index is -1.12. The van der Waals surface area contributed by atoms with Gasteiger partial charge in [0.2, 0.25) is 0 Å². The van der Waals surface area contributed by atoms with Crippen LogP contribution in [-0.4, -0.2) is 0 Å². The highest BCUT2D eigenvalue weighted by Gasteiger charge is 2.15. The van der Waals surface area contributed by atoms with Crippen molar-refractivity contribution in [1.29, 1.82) is 5.26 Å². The Balaban J connectivity index is 2.24. The molecule has 1 unspecified atom stereocenters. The molecule has 0 aliphatic carbocycles. The molecule has 0 aliphatic rings. The zero-order valence-electron chi connectivity index (χ0n) is 10.6. The lowest BCUT2D eigenvalue weighted by Crippen LogP contribution is -2.09. The highest BCUT2D eigenvalue weighted by molar-refractivity contribution is 9.10. The summed E-state index contributed by atoms with van der Waals surface area (Å²) in [7, 11) is 0. The van der Waals surface area contributed by atoms with Crippen molar-refractivity contribution in [3.05, 3.63) is 63.6 Å². The molecule has 0 aromatic heterocycles. The second-order valence-corrected chi connectivity index (χ2v) is 5.23. The zero-order valence-corrected chi connectivity index (χ0v) is 12.2. The van der Waals surface area contributed by atoms with Crippen LogP contribution in [0.3, 0.4) is 0 Å². The topological polar surface area (TPSA) is 35.8 Å². The van der Waals surface area contributed by atoms with Crippen LogP contribution in [0.4, 0.5) is 14.5 Å². The Bertz CT molecular complexity index is 663. The van der Waals surface area contributed by atoms with E-state index in [0.717, 1.165) is 10.0 Å². The summed E-state index contributed by atoms with van der Waals surface area (Å²) in [5.41, 5.74) is 0.679. The standard InChI is InChI=1S/C15H11BrF2N2/c1-9(10-2-5-12(16)6-3-10)20-13-7-4-11(8-19)14(17)15(13)18/h2-7,9,20H,1H3. The Hall–Kier alpha value is -1.93. The molecule has 0 spiro atoms. The van der Waals surface area contributed by atoms with Gasteiger partial charge >= 0.3 is 0 Å². The van der Waals surface area contributed by atoms with Gasteiger partial charge in [0.15, 0.2) is 11.6 Å². The van der Waals surface area contributed by atoms with E-state index in [0.29, 0.717) is 0 Å². The van der Waals surface area contributed by atoms with E-state index in [9.17, 15) is 8.78 Å². The molecule has 0 fully saturated rings. The van der Waals surface area contributed by atoms with Crippen molar-refractivity contribution in [2.24, 2.45) is 0 Å². The summed E-state index contributed by atoms with van der Waals surface area (Å²) in [5.74, 6) is -2.16. The summed E-state index contributed by atoms with van der Waals surface area (Å²) in [5, 5.41) is 11.5. The molecule has 2 nitrogen and oxygen atoms in total. The third kappa shape index (κ3) is 2.97. The molecule has 1 atom stereocenters. The van der Waals surface area contributed by atoms with Crippen molar-refractivity contribution >= 4 is 21.6 Å². The lowest BCUT2D eigenvalue weighted by molar-refractivity contribution is 0.507. The quantitative estimate of drug-likeness (QED) is 0.876. The molecule has 0 amide bonds. The number of nitrogens with one attached hydrogen (secondary N) is 1. The van der Waals surface area contributed by atoms with Gasteiger partial charge in [0.05, 0.1) is 11.3 Å². The molecular weight excluding hydrogens is 326 g/mol. The number of hydrogen-bond donors (Lipinski definition) is 1. The van der Waals surface area contributed by atoms with Gasteiger partial charge in [-0.15, -0.1) is 0 Å². The minimum Gasteiger partial charge on any atom is -0.376 e. The summed E-state index contributed by atoms with van der Waals surface area (Å²) in [6.07, 6.45) is 0. The maximum Gasteiger partial charge on any atom is 0.183 e. The van der Waals surface area contributed by atoms with Crippen molar-refractivity contribution in [3.8, 4) is 6.07 Å². The fraction of sp³-hybridized carbons (Fsp3) is 0.133. The van der Waals surface area contributed by atoms with Crippen molar-refractivity contribution in [2.75, 3.05) is 5.32 Å². The molecule has 20 heavy (non-hydrogen) atoms. The first-order valence-corrected chi connectivity index (χ1v) is 6.72. The first kappa shape index (κ1) is 14.5. The van der Waals surface area contributed by atoms with Crippen LogP contribution in [-0.2, 0) is 0 Å². The molecule has 0 aliphatic heterocycles. The van der Waals surface area contributed by atoms with Crippen LogP contribution in [0.5, 0.6) is 0 Å². The molecule has 1 N–H and O–H groups in total.